The van der Waals surface area contributed by atoms with E-state index in [4.69, 9.17) is 0 Å². The van der Waals surface area contributed by atoms with Crippen LogP contribution in [0.4, 0.5) is 0 Å². The molecule has 0 radical (unpaired) electrons. The zero-order valence-electron chi connectivity index (χ0n) is 5.79. The van der Waals surface area contributed by atoms with Gasteiger partial charge >= 0.3 is 0 Å². The number of aliphatic hydroxyl groups is 1. The van der Waals surface area contributed by atoms with Crippen LogP contribution in [-0.4, -0.2) is 16.7 Å². The smallest absolute Gasteiger partial charge is 0.134 e. The molecule has 1 unspecified atom stereocenters. The van der Waals surface area contributed by atoms with Crippen molar-refractivity contribution >= 4 is 0 Å². The molecule has 3 atom stereocenters. The Morgan fingerprint density at radius 3 is 2.80 bits per heavy atom. The summed E-state index contributed by atoms with van der Waals surface area (Å²) in [7, 11) is 0. The van der Waals surface area contributed by atoms with E-state index in [1.807, 2.05) is 0 Å². The van der Waals surface area contributed by atoms with Crippen molar-refractivity contribution in [3.63, 3.8) is 0 Å². The summed E-state index contributed by atoms with van der Waals surface area (Å²) in [5.74, 6) is 0.207. The normalized spacial score (nSPS) is 51.7. The van der Waals surface area contributed by atoms with Crippen LogP contribution in [0.2, 0.25) is 0 Å². The van der Waals surface area contributed by atoms with Crippen LogP contribution in [0.25, 0.3) is 0 Å². The van der Waals surface area contributed by atoms with Gasteiger partial charge in [-0.05, 0) is 12.8 Å². The van der Waals surface area contributed by atoms with E-state index in [-0.39, 0.29) is 5.92 Å². The predicted molar refractivity (Wildman–Crippen MR) is 36.5 cm³/mol. The van der Waals surface area contributed by atoms with Gasteiger partial charge in [-0.25, -0.2) is 0 Å². The van der Waals surface area contributed by atoms with Gasteiger partial charge in [0, 0.05) is 5.92 Å². The molecule has 2 saturated carbocycles. The quantitative estimate of drug-likeness (QED) is 0.555. The van der Waals surface area contributed by atoms with Crippen molar-refractivity contribution in [2.75, 3.05) is 0 Å². The second-order valence-corrected chi connectivity index (χ2v) is 3.38. The second-order valence-electron chi connectivity index (χ2n) is 3.38. The maximum absolute atomic E-state index is 10.3. The Morgan fingerprint density at radius 1 is 1.50 bits per heavy atom. The van der Waals surface area contributed by atoms with Crippen molar-refractivity contribution in [3.05, 3.63) is 4.91 Å². The summed E-state index contributed by atoms with van der Waals surface area (Å²) in [5, 5.41) is 12.3. The fraction of sp³-hybridized carbons (Fsp3) is 1.00. The van der Waals surface area contributed by atoms with Crippen molar-refractivity contribution in [1.29, 1.82) is 0 Å². The SMILES string of the molecule is O=N[C@]12CCCC[C@@H]1C2O. The largest absolute Gasteiger partial charge is 0.390 e. The number of hydrogen-bond acceptors (Lipinski definition) is 3. The summed E-state index contributed by atoms with van der Waals surface area (Å²) < 4.78 is 0. The van der Waals surface area contributed by atoms with Gasteiger partial charge in [0.1, 0.15) is 5.54 Å². The van der Waals surface area contributed by atoms with Crippen molar-refractivity contribution in [2.45, 2.75) is 37.3 Å². The van der Waals surface area contributed by atoms with Crippen LogP contribution in [-0.2, 0) is 0 Å². The summed E-state index contributed by atoms with van der Waals surface area (Å²) in [6.45, 7) is 0. The molecule has 0 heterocycles. The van der Waals surface area contributed by atoms with Crippen LogP contribution in [0, 0.1) is 10.8 Å². The molecule has 0 aliphatic heterocycles. The first kappa shape index (κ1) is 6.28. The summed E-state index contributed by atoms with van der Waals surface area (Å²) in [6.07, 6.45) is 3.60. The van der Waals surface area contributed by atoms with E-state index < -0.39 is 11.6 Å². The molecule has 0 aromatic rings. The summed E-state index contributed by atoms with van der Waals surface area (Å²) in [4.78, 5) is 10.3. The minimum Gasteiger partial charge on any atom is -0.390 e. The molecule has 0 spiro atoms. The molecule has 0 saturated heterocycles. The third-order valence-corrected chi connectivity index (χ3v) is 2.94. The highest BCUT2D eigenvalue weighted by Gasteiger charge is 2.66. The van der Waals surface area contributed by atoms with Crippen molar-refractivity contribution in [1.82, 2.24) is 0 Å². The lowest BCUT2D eigenvalue weighted by Gasteiger charge is -2.12. The monoisotopic (exact) mass is 141 g/mol. The zero-order chi connectivity index (χ0) is 7.19. The van der Waals surface area contributed by atoms with Gasteiger partial charge in [0.15, 0.2) is 0 Å². The number of fused-ring (bicyclic) bond motifs is 1. The molecule has 2 aliphatic rings. The molecule has 3 nitrogen and oxygen atoms in total. The van der Waals surface area contributed by atoms with Gasteiger partial charge in [0.25, 0.3) is 0 Å². The van der Waals surface area contributed by atoms with Crippen LogP contribution < -0.4 is 0 Å². The molecule has 2 fully saturated rings. The number of aliphatic hydroxyl groups excluding tert-OH is 1. The van der Waals surface area contributed by atoms with Crippen LogP contribution in [0.3, 0.4) is 0 Å². The molecule has 0 amide bonds. The van der Waals surface area contributed by atoms with Crippen LogP contribution in [0.15, 0.2) is 5.18 Å². The fourth-order valence-corrected chi connectivity index (χ4v) is 2.16. The lowest BCUT2D eigenvalue weighted by atomic mass is 9.96. The Kier molecular flexibility index (Phi) is 1.12. The molecule has 56 valence electrons. The van der Waals surface area contributed by atoms with Gasteiger partial charge in [-0.3, -0.25) is 0 Å². The van der Waals surface area contributed by atoms with E-state index in [0.717, 1.165) is 25.7 Å². The van der Waals surface area contributed by atoms with Gasteiger partial charge in [-0.15, -0.1) is 0 Å². The Labute approximate surface area is 59.4 Å². The highest BCUT2D eigenvalue weighted by molar-refractivity contribution is 5.20. The maximum atomic E-state index is 10.3. The van der Waals surface area contributed by atoms with E-state index in [1.54, 1.807) is 0 Å². The Morgan fingerprint density at radius 2 is 2.30 bits per heavy atom. The number of hydrogen-bond donors (Lipinski definition) is 1. The van der Waals surface area contributed by atoms with Gasteiger partial charge in [0.05, 0.1) is 6.10 Å². The first-order valence-electron chi connectivity index (χ1n) is 3.84. The second kappa shape index (κ2) is 1.78. The van der Waals surface area contributed by atoms with E-state index in [0.29, 0.717) is 0 Å². The molecular formula is C7H11NO2. The summed E-state index contributed by atoms with van der Waals surface area (Å²) in [5.41, 5.74) is -0.530. The topological polar surface area (TPSA) is 49.7 Å². The van der Waals surface area contributed by atoms with Gasteiger partial charge in [-0.1, -0.05) is 18.0 Å². The molecule has 0 aromatic heterocycles. The maximum Gasteiger partial charge on any atom is 0.134 e. The van der Waals surface area contributed by atoms with E-state index in [2.05, 4.69) is 5.18 Å². The number of rotatable bonds is 1. The average Bonchev–Trinajstić information content (AvgIpc) is 2.60. The molecule has 2 rings (SSSR count). The van der Waals surface area contributed by atoms with E-state index in [9.17, 15) is 10.0 Å². The first-order chi connectivity index (χ1) is 4.81. The summed E-state index contributed by atoms with van der Waals surface area (Å²) >= 11 is 0. The fourth-order valence-electron chi connectivity index (χ4n) is 2.16. The molecule has 0 bridgehead atoms. The van der Waals surface area contributed by atoms with Crippen LogP contribution in [0.1, 0.15) is 25.7 Å². The van der Waals surface area contributed by atoms with Gasteiger partial charge < -0.3 is 5.11 Å². The minimum absolute atomic E-state index is 0.207. The Balaban J connectivity index is 2.16. The van der Waals surface area contributed by atoms with Crippen LogP contribution >= 0.6 is 0 Å². The molecule has 1 N–H and O–H groups in total. The standard InChI is InChI=1S/C7H11NO2/c9-6-5-3-1-2-4-7(5,6)8-10/h5-6,9H,1-4H2/t5-,6?,7-/m1/s1. The highest BCUT2D eigenvalue weighted by Crippen LogP contribution is 2.56. The average molecular weight is 141 g/mol. The number of nitroso groups, excluding NO2 is 1. The van der Waals surface area contributed by atoms with Crippen molar-refractivity contribution in [3.8, 4) is 0 Å². The van der Waals surface area contributed by atoms with Crippen molar-refractivity contribution in [2.24, 2.45) is 11.1 Å². The number of nitrogens with zero attached hydrogens (tertiary/aromatic N) is 1. The van der Waals surface area contributed by atoms with E-state index in [1.165, 1.54) is 0 Å². The van der Waals surface area contributed by atoms with Gasteiger partial charge in [0.2, 0.25) is 0 Å². The third kappa shape index (κ3) is 0.539. The molecule has 0 aromatic carbocycles. The minimum atomic E-state index is -0.530. The highest BCUT2D eigenvalue weighted by atomic mass is 16.3. The van der Waals surface area contributed by atoms with Crippen LogP contribution in [0.5, 0.6) is 0 Å². The lowest BCUT2D eigenvalue weighted by molar-refractivity contribution is 0.240. The van der Waals surface area contributed by atoms with Crippen molar-refractivity contribution < 1.29 is 5.11 Å². The first-order valence-corrected chi connectivity index (χ1v) is 3.84. The molecule has 3 heteroatoms. The molecular weight excluding hydrogens is 130 g/mol. The van der Waals surface area contributed by atoms with Gasteiger partial charge in [-0.2, -0.15) is 4.91 Å². The Bertz CT molecular complexity index is 171. The summed E-state index contributed by atoms with van der Waals surface area (Å²) in [6, 6.07) is 0. The predicted octanol–water partition coefficient (Wildman–Crippen LogP) is 1.06. The Hall–Kier alpha value is -0.440. The lowest BCUT2D eigenvalue weighted by Crippen LogP contribution is -2.14. The zero-order valence-corrected chi connectivity index (χ0v) is 5.79. The molecule has 2 aliphatic carbocycles. The molecule has 10 heavy (non-hydrogen) atoms. The third-order valence-electron chi connectivity index (χ3n) is 2.94. The van der Waals surface area contributed by atoms with E-state index >= 15 is 0 Å².